The summed E-state index contributed by atoms with van der Waals surface area (Å²) in [5, 5.41) is 4.15. The average Bonchev–Trinajstić information content (AvgIpc) is 2.74. The molecular formula is C10H16N4O2. The molecule has 0 radical (unpaired) electrons. The van der Waals surface area contributed by atoms with Crippen molar-refractivity contribution in [3.8, 4) is 0 Å². The fourth-order valence-electron chi connectivity index (χ4n) is 1.79. The summed E-state index contributed by atoms with van der Waals surface area (Å²) in [5.41, 5.74) is 6.44. The molecule has 6 heteroatoms. The summed E-state index contributed by atoms with van der Waals surface area (Å²) in [6, 6.07) is -0.324. The van der Waals surface area contributed by atoms with Gasteiger partial charge in [-0.25, -0.2) is 0 Å². The van der Waals surface area contributed by atoms with Gasteiger partial charge in [-0.1, -0.05) is 0 Å². The second kappa shape index (κ2) is 4.23. The number of ether oxygens (including phenoxy) is 1. The zero-order valence-electron chi connectivity index (χ0n) is 9.46. The molecule has 0 bridgehead atoms. The van der Waals surface area contributed by atoms with Gasteiger partial charge in [0, 0.05) is 13.3 Å². The Balaban J connectivity index is 2.05. The molecule has 0 spiro atoms. The number of methoxy groups -OCH3 is 1. The lowest BCUT2D eigenvalue weighted by Gasteiger charge is -2.42. The molecule has 1 fully saturated rings. The minimum Gasteiger partial charge on any atom is -0.383 e. The third kappa shape index (κ3) is 1.70. The largest absolute Gasteiger partial charge is 0.383 e. The van der Waals surface area contributed by atoms with Gasteiger partial charge >= 0.3 is 0 Å². The Hall–Kier alpha value is -1.40. The predicted octanol–water partition coefficient (Wildman–Crippen LogP) is -0.408. The van der Waals surface area contributed by atoms with E-state index < -0.39 is 0 Å². The quantitative estimate of drug-likeness (QED) is 0.706. The highest BCUT2D eigenvalue weighted by atomic mass is 16.5. The molecule has 1 amide bonds. The Morgan fingerprint density at radius 1 is 1.62 bits per heavy atom. The fourth-order valence-corrected chi connectivity index (χ4v) is 1.79. The molecule has 16 heavy (non-hydrogen) atoms. The summed E-state index contributed by atoms with van der Waals surface area (Å²) in [4.78, 5) is 13.2. The van der Waals surface area contributed by atoms with Crippen LogP contribution < -0.4 is 10.6 Å². The van der Waals surface area contributed by atoms with Gasteiger partial charge in [0.2, 0.25) is 5.91 Å². The molecular weight excluding hydrogens is 208 g/mol. The average molecular weight is 224 g/mol. The van der Waals surface area contributed by atoms with E-state index in [0.29, 0.717) is 13.2 Å². The highest BCUT2D eigenvalue weighted by Crippen LogP contribution is 2.26. The lowest BCUT2D eigenvalue weighted by atomic mass is 9.97. The SMILES string of the molecule is COCCn1cc(N2C(=O)C(N)C2C)cn1. The fraction of sp³-hybridized carbons (Fsp3) is 0.600. The monoisotopic (exact) mass is 224 g/mol. The van der Waals surface area contributed by atoms with E-state index in [1.807, 2.05) is 13.1 Å². The molecule has 6 nitrogen and oxygen atoms in total. The number of nitrogens with zero attached hydrogens (tertiary/aromatic N) is 3. The van der Waals surface area contributed by atoms with Crippen LogP contribution in [0.15, 0.2) is 12.4 Å². The van der Waals surface area contributed by atoms with Crippen molar-refractivity contribution in [3.05, 3.63) is 12.4 Å². The summed E-state index contributed by atoms with van der Waals surface area (Å²) in [6.07, 6.45) is 3.51. The lowest BCUT2D eigenvalue weighted by molar-refractivity contribution is -0.125. The van der Waals surface area contributed by atoms with Crippen LogP contribution in [0.4, 0.5) is 5.69 Å². The first-order chi connectivity index (χ1) is 7.65. The molecule has 1 aliphatic heterocycles. The van der Waals surface area contributed by atoms with Crippen molar-refractivity contribution in [3.63, 3.8) is 0 Å². The van der Waals surface area contributed by atoms with E-state index in [1.165, 1.54) is 0 Å². The maximum absolute atomic E-state index is 11.5. The standard InChI is InChI=1S/C10H16N4O2/c1-7-9(11)10(15)14(7)8-5-12-13(6-8)3-4-16-2/h5-7,9H,3-4,11H2,1-2H3. The van der Waals surface area contributed by atoms with Gasteiger partial charge in [-0.15, -0.1) is 0 Å². The summed E-state index contributed by atoms with van der Waals surface area (Å²) >= 11 is 0. The van der Waals surface area contributed by atoms with Crippen LogP contribution in [0.2, 0.25) is 0 Å². The summed E-state index contributed by atoms with van der Waals surface area (Å²) in [5.74, 6) is -0.0428. The second-order valence-corrected chi connectivity index (χ2v) is 3.93. The molecule has 88 valence electrons. The maximum atomic E-state index is 11.5. The number of carbonyl (C=O) groups excluding carboxylic acids is 1. The molecule has 2 heterocycles. The minimum atomic E-state index is -0.373. The number of rotatable bonds is 4. The van der Waals surface area contributed by atoms with Crippen molar-refractivity contribution >= 4 is 11.6 Å². The van der Waals surface area contributed by atoms with Crippen LogP contribution in [0.3, 0.4) is 0 Å². The van der Waals surface area contributed by atoms with E-state index in [-0.39, 0.29) is 18.0 Å². The predicted molar refractivity (Wildman–Crippen MR) is 59.0 cm³/mol. The highest BCUT2D eigenvalue weighted by molar-refractivity contribution is 6.05. The molecule has 2 unspecified atom stereocenters. The number of aromatic nitrogens is 2. The van der Waals surface area contributed by atoms with Gasteiger partial charge in [-0.05, 0) is 6.92 Å². The van der Waals surface area contributed by atoms with Crippen LogP contribution in [-0.2, 0) is 16.1 Å². The molecule has 0 aliphatic carbocycles. The lowest BCUT2D eigenvalue weighted by Crippen LogP contribution is -2.67. The van der Waals surface area contributed by atoms with Gasteiger partial charge in [0.05, 0.1) is 31.1 Å². The van der Waals surface area contributed by atoms with E-state index in [2.05, 4.69) is 5.10 Å². The van der Waals surface area contributed by atoms with Gasteiger partial charge in [-0.2, -0.15) is 5.10 Å². The normalized spacial score (nSPS) is 24.7. The first-order valence-corrected chi connectivity index (χ1v) is 5.25. The Kier molecular flexibility index (Phi) is 2.93. The molecule has 0 aromatic carbocycles. The number of β-lactam (4-membered cyclic amide) rings is 1. The maximum Gasteiger partial charge on any atom is 0.246 e. The van der Waals surface area contributed by atoms with Crippen molar-refractivity contribution in [1.29, 1.82) is 0 Å². The van der Waals surface area contributed by atoms with Crippen molar-refractivity contribution in [2.45, 2.75) is 25.6 Å². The van der Waals surface area contributed by atoms with Crippen molar-refractivity contribution < 1.29 is 9.53 Å². The summed E-state index contributed by atoms with van der Waals surface area (Å²) in [6.45, 7) is 3.21. The smallest absolute Gasteiger partial charge is 0.246 e. The number of anilines is 1. The number of amides is 1. The van der Waals surface area contributed by atoms with Crippen LogP contribution in [0.25, 0.3) is 0 Å². The molecule has 1 saturated heterocycles. The Morgan fingerprint density at radius 3 is 3.00 bits per heavy atom. The Labute approximate surface area is 94.0 Å². The Morgan fingerprint density at radius 2 is 2.38 bits per heavy atom. The second-order valence-electron chi connectivity index (χ2n) is 3.93. The van der Waals surface area contributed by atoms with E-state index >= 15 is 0 Å². The number of carbonyl (C=O) groups is 1. The third-order valence-electron chi connectivity index (χ3n) is 2.87. The summed E-state index contributed by atoms with van der Waals surface area (Å²) in [7, 11) is 1.64. The first-order valence-electron chi connectivity index (χ1n) is 5.25. The van der Waals surface area contributed by atoms with E-state index in [1.54, 1.807) is 22.9 Å². The first kappa shape index (κ1) is 11.1. The molecule has 2 rings (SSSR count). The Bertz CT molecular complexity index is 390. The van der Waals surface area contributed by atoms with Crippen molar-refractivity contribution in [2.75, 3.05) is 18.6 Å². The van der Waals surface area contributed by atoms with E-state index in [9.17, 15) is 4.79 Å². The van der Waals surface area contributed by atoms with Gasteiger partial charge in [-0.3, -0.25) is 9.48 Å². The minimum absolute atomic E-state index is 0.0428. The van der Waals surface area contributed by atoms with E-state index in [4.69, 9.17) is 10.5 Å². The molecule has 1 aromatic heterocycles. The number of hydrogen-bond acceptors (Lipinski definition) is 4. The zero-order valence-corrected chi connectivity index (χ0v) is 9.46. The molecule has 1 aromatic rings. The van der Waals surface area contributed by atoms with Crippen molar-refractivity contribution in [2.24, 2.45) is 5.73 Å². The highest BCUT2D eigenvalue weighted by Gasteiger charge is 2.43. The van der Waals surface area contributed by atoms with Crippen molar-refractivity contribution in [1.82, 2.24) is 9.78 Å². The number of hydrogen-bond donors (Lipinski definition) is 1. The van der Waals surface area contributed by atoms with Gasteiger partial charge < -0.3 is 15.4 Å². The summed E-state index contributed by atoms with van der Waals surface area (Å²) < 4.78 is 6.71. The van der Waals surface area contributed by atoms with Crippen LogP contribution in [0.1, 0.15) is 6.92 Å². The van der Waals surface area contributed by atoms with Crippen LogP contribution in [-0.4, -0.2) is 41.5 Å². The van der Waals surface area contributed by atoms with Gasteiger partial charge in [0.25, 0.3) is 0 Å². The molecule has 2 N–H and O–H groups in total. The van der Waals surface area contributed by atoms with Crippen LogP contribution in [0, 0.1) is 0 Å². The van der Waals surface area contributed by atoms with Crippen LogP contribution >= 0.6 is 0 Å². The molecule has 0 saturated carbocycles. The topological polar surface area (TPSA) is 73.4 Å². The number of nitrogens with two attached hydrogens (primary N) is 1. The van der Waals surface area contributed by atoms with E-state index in [0.717, 1.165) is 5.69 Å². The third-order valence-corrected chi connectivity index (χ3v) is 2.87. The molecule has 2 atom stereocenters. The van der Waals surface area contributed by atoms with Gasteiger partial charge in [0.15, 0.2) is 0 Å². The van der Waals surface area contributed by atoms with Crippen LogP contribution in [0.5, 0.6) is 0 Å². The van der Waals surface area contributed by atoms with Gasteiger partial charge in [0.1, 0.15) is 6.04 Å². The molecule has 1 aliphatic rings. The zero-order chi connectivity index (χ0) is 11.7.